The average molecular weight is 463 g/mol. The molecule has 0 aliphatic carbocycles. The van der Waals surface area contributed by atoms with Crippen LogP contribution in [0.4, 0.5) is 5.13 Å². The quantitative estimate of drug-likeness (QED) is 0.380. The maximum atomic E-state index is 12.8. The van der Waals surface area contributed by atoms with Crippen LogP contribution in [0.25, 0.3) is 10.6 Å². The van der Waals surface area contributed by atoms with Crippen molar-refractivity contribution < 1.29 is 19.4 Å². The first kappa shape index (κ1) is 22.4. The molecule has 9 heteroatoms. The molecule has 0 aliphatic heterocycles. The Labute approximate surface area is 194 Å². The van der Waals surface area contributed by atoms with Gasteiger partial charge in [0.1, 0.15) is 11.1 Å². The standard InChI is InChI=1S/C24H22N4O4S/c1-31-21-15-18(7-8-20(21)32-19(11-14-29)16-5-3-2-4-6-16)22(30)26-24-28-27-23(33-24)17-9-12-25-13-10-17/h2-10,12-13,15,19,29H,11,14H2,1H3,(H,26,28,30)/t19-/m0/s1. The van der Waals surface area contributed by atoms with Crippen molar-refractivity contribution in [3.8, 4) is 22.1 Å². The fourth-order valence-electron chi connectivity index (χ4n) is 3.19. The van der Waals surface area contributed by atoms with Gasteiger partial charge in [-0.25, -0.2) is 0 Å². The van der Waals surface area contributed by atoms with Gasteiger partial charge < -0.3 is 14.6 Å². The SMILES string of the molecule is COc1cc(C(=O)Nc2nnc(-c3ccncc3)s2)ccc1O[C@@H](CCO)c1ccccc1. The Morgan fingerprint density at radius 3 is 2.58 bits per heavy atom. The summed E-state index contributed by atoms with van der Waals surface area (Å²) in [4.78, 5) is 16.8. The van der Waals surface area contributed by atoms with E-state index in [9.17, 15) is 9.90 Å². The Hall–Kier alpha value is -3.82. The van der Waals surface area contributed by atoms with Gasteiger partial charge in [-0.1, -0.05) is 41.7 Å². The number of aromatic nitrogens is 3. The van der Waals surface area contributed by atoms with Gasteiger partial charge in [0, 0.05) is 36.5 Å². The molecule has 8 nitrogen and oxygen atoms in total. The topological polar surface area (TPSA) is 106 Å². The molecule has 0 saturated carbocycles. The number of hydrogen-bond acceptors (Lipinski definition) is 8. The summed E-state index contributed by atoms with van der Waals surface area (Å²) in [5.41, 5.74) is 2.21. The Morgan fingerprint density at radius 1 is 1.06 bits per heavy atom. The zero-order chi connectivity index (χ0) is 23.0. The van der Waals surface area contributed by atoms with Crippen LogP contribution in [0.15, 0.2) is 73.1 Å². The van der Waals surface area contributed by atoms with Crippen molar-refractivity contribution in [3.05, 3.63) is 84.2 Å². The van der Waals surface area contributed by atoms with Crippen molar-refractivity contribution in [1.82, 2.24) is 15.2 Å². The molecule has 2 heterocycles. The first-order chi connectivity index (χ1) is 16.2. The lowest BCUT2D eigenvalue weighted by Crippen LogP contribution is -2.13. The normalized spacial score (nSPS) is 11.6. The van der Waals surface area contributed by atoms with E-state index in [0.29, 0.717) is 33.6 Å². The highest BCUT2D eigenvalue weighted by molar-refractivity contribution is 7.18. The highest BCUT2D eigenvalue weighted by Crippen LogP contribution is 2.34. The predicted octanol–water partition coefficient (Wildman–Crippen LogP) is 4.36. The molecule has 2 N–H and O–H groups in total. The minimum atomic E-state index is -0.349. The molecule has 4 rings (SSSR count). The summed E-state index contributed by atoms with van der Waals surface area (Å²) in [6.07, 6.45) is 3.42. The van der Waals surface area contributed by atoms with Crippen LogP contribution >= 0.6 is 11.3 Å². The van der Waals surface area contributed by atoms with E-state index in [2.05, 4.69) is 20.5 Å². The van der Waals surface area contributed by atoms with Gasteiger partial charge in [-0.15, -0.1) is 10.2 Å². The highest BCUT2D eigenvalue weighted by atomic mass is 32.1. The molecule has 168 valence electrons. The first-order valence-electron chi connectivity index (χ1n) is 10.2. The monoisotopic (exact) mass is 462 g/mol. The molecule has 0 fully saturated rings. The molecule has 0 bridgehead atoms. The number of amides is 1. The van der Waals surface area contributed by atoms with Crippen LogP contribution in [0.3, 0.4) is 0 Å². The number of pyridine rings is 1. The van der Waals surface area contributed by atoms with Gasteiger partial charge in [-0.3, -0.25) is 15.1 Å². The van der Waals surface area contributed by atoms with Crippen LogP contribution in [0, 0.1) is 0 Å². The third-order valence-corrected chi connectivity index (χ3v) is 5.72. The lowest BCUT2D eigenvalue weighted by Gasteiger charge is -2.20. The van der Waals surface area contributed by atoms with Gasteiger partial charge in [-0.05, 0) is 35.9 Å². The number of nitrogens with one attached hydrogen (secondary N) is 1. The number of anilines is 1. The first-order valence-corrected chi connectivity index (χ1v) is 11.1. The summed E-state index contributed by atoms with van der Waals surface area (Å²) in [6.45, 7) is -0.0221. The van der Waals surface area contributed by atoms with Crippen molar-refractivity contribution in [2.24, 2.45) is 0 Å². The molecule has 0 aliphatic rings. The fourth-order valence-corrected chi connectivity index (χ4v) is 3.94. The summed E-state index contributed by atoms with van der Waals surface area (Å²) in [7, 11) is 1.51. The number of aliphatic hydroxyl groups excluding tert-OH is 1. The fraction of sp³-hybridized carbons (Fsp3) is 0.167. The Bertz CT molecular complexity index is 1200. The van der Waals surface area contributed by atoms with E-state index in [1.807, 2.05) is 42.5 Å². The minimum Gasteiger partial charge on any atom is -0.493 e. The van der Waals surface area contributed by atoms with E-state index >= 15 is 0 Å². The number of nitrogens with zero attached hydrogens (tertiary/aromatic N) is 3. The summed E-state index contributed by atoms with van der Waals surface area (Å²) in [5.74, 6) is 0.552. The number of rotatable bonds is 9. The Morgan fingerprint density at radius 2 is 1.85 bits per heavy atom. The van der Waals surface area contributed by atoms with Gasteiger partial charge in [0.05, 0.1) is 7.11 Å². The Balaban J connectivity index is 1.49. The molecule has 1 atom stereocenters. The number of carbonyl (C=O) groups is 1. The van der Waals surface area contributed by atoms with Gasteiger partial charge in [0.25, 0.3) is 5.91 Å². The van der Waals surface area contributed by atoms with Crippen LogP contribution in [-0.2, 0) is 0 Å². The number of benzene rings is 2. The van der Waals surface area contributed by atoms with Crippen molar-refractivity contribution >= 4 is 22.4 Å². The van der Waals surface area contributed by atoms with Crippen LogP contribution < -0.4 is 14.8 Å². The number of methoxy groups -OCH3 is 1. The van der Waals surface area contributed by atoms with Gasteiger partial charge in [0.2, 0.25) is 5.13 Å². The number of carbonyl (C=O) groups excluding carboxylic acids is 1. The van der Waals surface area contributed by atoms with E-state index in [4.69, 9.17) is 9.47 Å². The number of ether oxygens (including phenoxy) is 2. The smallest absolute Gasteiger partial charge is 0.257 e. The molecule has 2 aromatic heterocycles. The van der Waals surface area contributed by atoms with Crippen LogP contribution in [-0.4, -0.2) is 39.9 Å². The third kappa shape index (κ3) is 5.51. The summed E-state index contributed by atoms with van der Waals surface area (Å²) < 4.78 is 11.6. The van der Waals surface area contributed by atoms with Crippen molar-refractivity contribution in [3.63, 3.8) is 0 Å². The third-order valence-electron chi connectivity index (χ3n) is 4.83. The maximum Gasteiger partial charge on any atom is 0.257 e. The zero-order valence-corrected chi connectivity index (χ0v) is 18.7. The minimum absolute atomic E-state index is 0.0221. The van der Waals surface area contributed by atoms with Crippen molar-refractivity contribution in [2.45, 2.75) is 12.5 Å². The molecule has 33 heavy (non-hydrogen) atoms. The Kier molecular flexibility index (Phi) is 7.23. The highest BCUT2D eigenvalue weighted by Gasteiger charge is 2.18. The van der Waals surface area contributed by atoms with E-state index < -0.39 is 0 Å². The molecular formula is C24H22N4O4S. The molecular weight excluding hydrogens is 440 g/mol. The molecule has 0 saturated heterocycles. The molecule has 4 aromatic rings. The number of aliphatic hydroxyl groups is 1. The predicted molar refractivity (Wildman–Crippen MR) is 126 cm³/mol. The summed E-state index contributed by atoms with van der Waals surface area (Å²) in [5, 5.41) is 21.5. The van der Waals surface area contributed by atoms with E-state index in [1.54, 1.807) is 30.6 Å². The molecule has 0 spiro atoms. The van der Waals surface area contributed by atoms with Crippen LogP contribution in [0.1, 0.15) is 28.4 Å². The lowest BCUT2D eigenvalue weighted by atomic mass is 10.1. The van der Waals surface area contributed by atoms with E-state index in [1.165, 1.54) is 18.4 Å². The van der Waals surface area contributed by atoms with Crippen LogP contribution in [0.2, 0.25) is 0 Å². The maximum absolute atomic E-state index is 12.8. The van der Waals surface area contributed by atoms with Crippen LogP contribution in [0.5, 0.6) is 11.5 Å². The van der Waals surface area contributed by atoms with Crippen molar-refractivity contribution in [1.29, 1.82) is 0 Å². The van der Waals surface area contributed by atoms with Gasteiger partial charge in [-0.2, -0.15) is 0 Å². The van der Waals surface area contributed by atoms with Gasteiger partial charge >= 0.3 is 0 Å². The van der Waals surface area contributed by atoms with Crippen molar-refractivity contribution in [2.75, 3.05) is 19.0 Å². The molecule has 2 aromatic carbocycles. The second kappa shape index (κ2) is 10.7. The summed E-state index contributed by atoms with van der Waals surface area (Å²) >= 11 is 1.27. The average Bonchev–Trinajstić information content (AvgIpc) is 3.33. The second-order valence-electron chi connectivity index (χ2n) is 7.00. The summed E-state index contributed by atoms with van der Waals surface area (Å²) in [6, 6.07) is 18.2. The largest absolute Gasteiger partial charge is 0.493 e. The lowest BCUT2D eigenvalue weighted by molar-refractivity contribution is 0.102. The second-order valence-corrected chi connectivity index (χ2v) is 7.97. The molecule has 0 radical (unpaired) electrons. The van der Waals surface area contributed by atoms with E-state index in [0.717, 1.165) is 11.1 Å². The molecule has 1 amide bonds. The molecule has 0 unspecified atom stereocenters. The zero-order valence-electron chi connectivity index (χ0n) is 17.8. The number of hydrogen-bond donors (Lipinski definition) is 2. The van der Waals surface area contributed by atoms with E-state index in [-0.39, 0.29) is 18.6 Å². The van der Waals surface area contributed by atoms with Gasteiger partial charge in [0.15, 0.2) is 11.5 Å².